The normalized spacial score (nSPS) is 17.9. The third-order valence-electron chi connectivity index (χ3n) is 4.29. The summed E-state index contributed by atoms with van der Waals surface area (Å²) in [5.41, 5.74) is 1.32. The number of carbonyl (C=O) groups is 3. The number of thioether (sulfide) groups is 1. The molecule has 9 heteroatoms. The van der Waals surface area contributed by atoms with Crippen LogP contribution in [-0.2, 0) is 11.3 Å². The number of piperazine rings is 1. The van der Waals surface area contributed by atoms with Crippen LogP contribution in [0.15, 0.2) is 24.3 Å². The van der Waals surface area contributed by atoms with Gasteiger partial charge in [0.1, 0.15) is 0 Å². The quantitative estimate of drug-likeness (QED) is 0.742. The van der Waals surface area contributed by atoms with Gasteiger partial charge in [-0.05, 0) is 17.7 Å². The van der Waals surface area contributed by atoms with Gasteiger partial charge in [-0.2, -0.15) is 0 Å². The minimum atomic E-state index is -0.226. The summed E-state index contributed by atoms with van der Waals surface area (Å²) in [6.45, 7) is 5.63. The monoisotopic (exact) mass is 398 g/mol. The van der Waals surface area contributed by atoms with Crippen molar-refractivity contribution in [1.29, 1.82) is 0 Å². The van der Waals surface area contributed by atoms with Gasteiger partial charge in [-0.3, -0.25) is 24.2 Å². The van der Waals surface area contributed by atoms with Crippen molar-refractivity contribution in [3.8, 4) is 0 Å². The lowest BCUT2D eigenvalue weighted by Gasteiger charge is -2.27. The zero-order valence-electron chi connectivity index (χ0n) is 14.4. The minimum Gasteiger partial charge on any atom is -0.351 e. The highest BCUT2D eigenvalue weighted by Crippen LogP contribution is 2.21. The van der Waals surface area contributed by atoms with Crippen molar-refractivity contribution >= 4 is 41.2 Å². The van der Waals surface area contributed by atoms with Crippen molar-refractivity contribution in [1.82, 2.24) is 20.4 Å². The Kier molecular flexibility index (Phi) is 7.89. The van der Waals surface area contributed by atoms with E-state index >= 15 is 0 Å². The zero-order chi connectivity index (χ0) is 17.6. The van der Waals surface area contributed by atoms with Gasteiger partial charge in [0.2, 0.25) is 5.91 Å². The zero-order valence-corrected chi connectivity index (χ0v) is 16.0. The van der Waals surface area contributed by atoms with Gasteiger partial charge in [0, 0.05) is 44.8 Å². The number of rotatable bonds is 6. The molecule has 2 heterocycles. The number of benzene rings is 1. The SMILES string of the molecule is Cl.O=C(NCCN1CCNCC1)c1cccc(CN2C(=O)CSC2=O)c1. The molecule has 1 aromatic carbocycles. The number of hydrogen-bond donors (Lipinski definition) is 2. The van der Waals surface area contributed by atoms with E-state index in [1.165, 1.54) is 4.90 Å². The molecule has 0 aromatic heterocycles. The highest BCUT2D eigenvalue weighted by molar-refractivity contribution is 8.14. The molecule has 0 bridgehead atoms. The molecule has 0 saturated carbocycles. The molecule has 2 saturated heterocycles. The van der Waals surface area contributed by atoms with E-state index < -0.39 is 0 Å². The van der Waals surface area contributed by atoms with Crippen LogP contribution < -0.4 is 10.6 Å². The number of amides is 3. The van der Waals surface area contributed by atoms with Gasteiger partial charge in [-0.1, -0.05) is 23.9 Å². The Morgan fingerprint density at radius 2 is 2.00 bits per heavy atom. The standard InChI is InChI=1S/C17H22N4O3S.ClH/c22-15-12-25-17(24)21(15)11-13-2-1-3-14(10-13)16(23)19-6-9-20-7-4-18-5-8-20;/h1-3,10,18H,4-9,11-12H2,(H,19,23);1H. The summed E-state index contributed by atoms with van der Waals surface area (Å²) in [5.74, 6) is -0.114. The van der Waals surface area contributed by atoms with Gasteiger partial charge in [-0.15, -0.1) is 12.4 Å². The predicted octanol–water partition coefficient (Wildman–Crippen LogP) is 0.939. The van der Waals surface area contributed by atoms with Crippen molar-refractivity contribution in [3.05, 3.63) is 35.4 Å². The van der Waals surface area contributed by atoms with E-state index in [2.05, 4.69) is 15.5 Å². The number of nitrogens with one attached hydrogen (secondary N) is 2. The highest BCUT2D eigenvalue weighted by Gasteiger charge is 2.29. The van der Waals surface area contributed by atoms with Crippen LogP contribution in [0.4, 0.5) is 4.79 Å². The first kappa shape index (κ1) is 20.7. The Morgan fingerprint density at radius 3 is 2.69 bits per heavy atom. The van der Waals surface area contributed by atoms with Crippen LogP contribution in [-0.4, -0.2) is 71.9 Å². The fourth-order valence-electron chi connectivity index (χ4n) is 2.89. The Balaban J connectivity index is 0.00000243. The molecule has 3 amide bonds. The van der Waals surface area contributed by atoms with Crippen LogP contribution in [0.3, 0.4) is 0 Å². The van der Waals surface area contributed by atoms with Gasteiger partial charge in [0.25, 0.3) is 11.1 Å². The van der Waals surface area contributed by atoms with Crippen LogP contribution >= 0.6 is 24.2 Å². The predicted molar refractivity (Wildman–Crippen MR) is 104 cm³/mol. The maximum Gasteiger partial charge on any atom is 0.289 e. The second-order valence-corrected chi connectivity index (χ2v) is 7.01. The molecule has 3 rings (SSSR count). The Hall–Kier alpha value is -1.61. The molecule has 0 unspecified atom stereocenters. The van der Waals surface area contributed by atoms with E-state index in [-0.39, 0.29) is 41.8 Å². The fourth-order valence-corrected chi connectivity index (χ4v) is 3.62. The van der Waals surface area contributed by atoms with Crippen molar-refractivity contribution in [2.75, 3.05) is 45.0 Å². The first-order valence-electron chi connectivity index (χ1n) is 8.41. The van der Waals surface area contributed by atoms with Crippen molar-refractivity contribution < 1.29 is 14.4 Å². The molecule has 26 heavy (non-hydrogen) atoms. The van der Waals surface area contributed by atoms with Gasteiger partial charge < -0.3 is 10.6 Å². The summed E-state index contributed by atoms with van der Waals surface area (Å²) in [7, 11) is 0. The molecule has 0 atom stereocenters. The maximum atomic E-state index is 12.3. The fraction of sp³-hybridized carbons (Fsp3) is 0.471. The van der Waals surface area contributed by atoms with Crippen LogP contribution in [0.25, 0.3) is 0 Å². The van der Waals surface area contributed by atoms with Crippen LogP contribution in [0.1, 0.15) is 15.9 Å². The average Bonchev–Trinajstić information content (AvgIpc) is 2.95. The maximum absolute atomic E-state index is 12.3. The minimum absolute atomic E-state index is 0. The molecule has 2 fully saturated rings. The van der Waals surface area contributed by atoms with Crippen molar-refractivity contribution in [2.45, 2.75) is 6.54 Å². The number of nitrogens with zero attached hydrogens (tertiary/aromatic N) is 2. The Bertz CT molecular complexity index is 651. The first-order valence-corrected chi connectivity index (χ1v) is 9.39. The largest absolute Gasteiger partial charge is 0.351 e. The molecule has 2 aliphatic rings. The average molecular weight is 399 g/mol. The lowest BCUT2D eigenvalue weighted by atomic mass is 10.1. The van der Waals surface area contributed by atoms with Gasteiger partial charge in [-0.25, -0.2) is 0 Å². The molecule has 2 aliphatic heterocycles. The topological polar surface area (TPSA) is 81.8 Å². The van der Waals surface area contributed by atoms with Crippen molar-refractivity contribution in [2.24, 2.45) is 0 Å². The molecule has 142 valence electrons. The second kappa shape index (κ2) is 9.91. The van der Waals surface area contributed by atoms with Crippen LogP contribution in [0.5, 0.6) is 0 Å². The molecular weight excluding hydrogens is 376 g/mol. The smallest absolute Gasteiger partial charge is 0.289 e. The number of imide groups is 1. The summed E-state index contributed by atoms with van der Waals surface area (Å²) < 4.78 is 0. The molecule has 0 aliphatic carbocycles. The summed E-state index contributed by atoms with van der Waals surface area (Å²) in [6, 6.07) is 7.08. The summed E-state index contributed by atoms with van der Waals surface area (Å²) in [5, 5.41) is 6.01. The van der Waals surface area contributed by atoms with E-state index in [1.54, 1.807) is 18.2 Å². The Labute approximate surface area is 163 Å². The number of halogens is 1. The molecular formula is C17H23ClN4O3S. The highest BCUT2D eigenvalue weighted by atomic mass is 35.5. The molecule has 0 radical (unpaired) electrons. The summed E-state index contributed by atoms with van der Waals surface area (Å²) in [6.07, 6.45) is 0. The van der Waals surface area contributed by atoms with E-state index in [0.717, 1.165) is 50.0 Å². The molecule has 2 N–H and O–H groups in total. The number of hydrogen-bond acceptors (Lipinski definition) is 6. The van der Waals surface area contributed by atoms with Crippen molar-refractivity contribution in [3.63, 3.8) is 0 Å². The van der Waals surface area contributed by atoms with Crippen LogP contribution in [0, 0.1) is 0 Å². The molecule has 1 aromatic rings. The number of carbonyl (C=O) groups excluding carboxylic acids is 3. The van der Waals surface area contributed by atoms with Gasteiger partial charge >= 0.3 is 0 Å². The van der Waals surface area contributed by atoms with Gasteiger partial charge in [0.05, 0.1) is 12.3 Å². The second-order valence-electron chi connectivity index (χ2n) is 6.08. The summed E-state index contributed by atoms with van der Waals surface area (Å²) in [4.78, 5) is 39.2. The van der Waals surface area contributed by atoms with E-state index in [4.69, 9.17) is 0 Å². The molecule has 7 nitrogen and oxygen atoms in total. The first-order chi connectivity index (χ1) is 12.1. The van der Waals surface area contributed by atoms with Crippen LogP contribution in [0.2, 0.25) is 0 Å². The molecule has 0 spiro atoms. The summed E-state index contributed by atoms with van der Waals surface area (Å²) >= 11 is 1.02. The van der Waals surface area contributed by atoms with E-state index in [0.29, 0.717) is 12.1 Å². The lowest BCUT2D eigenvalue weighted by Crippen LogP contribution is -2.46. The van der Waals surface area contributed by atoms with Gasteiger partial charge in [0.15, 0.2) is 0 Å². The third-order valence-corrected chi connectivity index (χ3v) is 5.15. The third kappa shape index (κ3) is 5.44. The van der Waals surface area contributed by atoms with E-state index in [1.807, 2.05) is 6.07 Å². The Morgan fingerprint density at radius 1 is 1.23 bits per heavy atom. The van der Waals surface area contributed by atoms with E-state index in [9.17, 15) is 14.4 Å². The lowest BCUT2D eigenvalue weighted by molar-refractivity contribution is -0.125.